The third kappa shape index (κ3) is 2.28. The number of likely N-dealkylation sites (tertiary alicyclic amines) is 1. The molecule has 0 bridgehead atoms. The minimum atomic E-state index is 0.112. The van der Waals surface area contributed by atoms with E-state index in [1.807, 2.05) is 23.1 Å². The number of amides is 1. The minimum absolute atomic E-state index is 0.112. The van der Waals surface area contributed by atoms with Crippen LogP contribution in [0, 0.1) is 5.92 Å². The average molecular weight is 272 g/mol. The highest BCUT2D eigenvalue weighted by Gasteiger charge is 2.28. The van der Waals surface area contributed by atoms with Crippen molar-refractivity contribution in [2.45, 2.75) is 39.2 Å². The zero-order valence-electron chi connectivity index (χ0n) is 12.0. The van der Waals surface area contributed by atoms with E-state index in [4.69, 9.17) is 0 Å². The number of nitrogens with one attached hydrogen (secondary N) is 1. The lowest BCUT2D eigenvalue weighted by Gasteiger charge is -2.37. The molecule has 0 unspecified atom stereocenters. The number of aromatic amines is 1. The Bertz CT molecular complexity index is 621. The molecule has 2 atom stereocenters. The fourth-order valence-corrected chi connectivity index (χ4v) is 2.94. The lowest BCUT2D eigenvalue weighted by atomic mass is 9.91. The molecule has 1 amide bonds. The van der Waals surface area contributed by atoms with Gasteiger partial charge < -0.3 is 4.90 Å². The molecule has 1 aromatic carbocycles. The smallest absolute Gasteiger partial charge is 0.254 e. The van der Waals surface area contributed by atoms with Gasteiger partial charge in [-0.3, -0.25) is 4.79 Å². The first-order valence-corrected chi connectivity index (χ1v) is 7.30. The van der Waals surface area contributed by atoms with E-state index in [9.17, 15) is 4.79 Å². The van der Waals surface area contributed by atoms with Crippen molar-refractivity contribution in [3.05, 3.63) is 23.8 Å². The van der Waals surface area contributed by atoms with Gasteiger partial charge in [-0.05, 0) is 43.9 Å². The van der Waals surface area contributed by atoms with Crippen molar-refractivity contribution in [1.29, 1.82) is 0 Å². The summed E-state index contributed by atoms with van der Waals surface area (Å²) in [6, 6.07) is 5.83. The third-order valence-corrected chi connectivity index (χ3v) is 4.38. The van der Waals surface area contributed by atoms with Gasteiger partial charge in [-0.1, -0.05) is 13.3 Å². The summed E-state index contributed by atoms with van der Waals surface area (Å²) in [6.07, 6.45) is 3.46. The number of aromatic nitrogens is 3. The van der Waals surface area contributed by atoms with Gasteiger partial charge in [0.2, 0.25) is 0 Å². The summed E-state index contributed by atoms with van der Waals surface area (Å²) in [5.41, 5.74) is 2.24. The molecule has 1 aliphatic heterocycles. The van der Waals surface area contributed by atoms with Crippen LogP contribution in [0.3, 0.4) is 0 Å². The Morgan fingerprint density at radius 2 is 2.15 bits per heavy atom. The molecule has 0 spiro atoms. The van der Waals surface area contributed by atoms with Crippen molar-refractivity contribution < 1.29 is 4.79 Å². The summed E-state index contributed by atoms with van der Waals surface area (Å²) in [6.45, 7) is 5.20. The third-order valence-electron chi connectivity index (χ3n) is 4.38. The standard InChI is InChI=1S/C15H20N4O/c1-3-11-5-4-10(2)19(9-11)15(20)12-6-7-13-14(8-12)17-18-16-13/h6-8,10-11H,3-5,9H2,1-2H3,(H,16,17,18)/t10-,11+/m0/s1. The van der Waals surface area contributed by atoms with E-state index in [2.05, 4.69) is 29.3 Å². The molecule has 1 saturated heterocycles. The number of piperidine rings is 1. The SMILES string of the molecule is CC[C@@H]1CC[C@H](C)N(C(=O)c2ccc3n[nH]nc3c2)C1. The van der Waals surface area contributed by atoms with E-state index >= 15 is 0 Å². The normalized spacial score (nSPS) is 23.2. The number of carbonyl (C=O) groups excluding carboxylic acids is 1. The Balaban J connectivity index is 1.86. The molecule has 0 aliphatic carbocycles. The van der Waals surface area contributed by atoms with E-state index in [0.717, 1.165) is 30.4 Å². The highest BCUT2D eigenvalue weighted by Crippen LogP contribution is 2.26. The molecule has 20 heavy (non-hydrogen) atoms. The van der Waals surface area contributed by atoms with Gasteiger partial charge in [-0.15, -0.1) is 0 Å². The predicted molar refractivity (Wildman–Crippen MR) is 77.4 cm³/mol. The number of carbonyl (C=O) groups is 1. The van der Waals surface area contributed by atoms with Crippen LogP contribution in [0.15, 0.2) is 18.2 Å². The maximum absolute atomic E-state index is 12.7. The maximum atomic E-state index is 12.7. The van der Waals surface area contributed by atoms with Crippen LogP contribution in [-0.2, 0) is 0 Å². The van der Waals surface area contributed by atoms with Gasteiger partial charge in [-0.2, -0.15) is 15.4 Å². The van der Waals surface area contributed by atoms with E-state index in [-0.39, 0.29) is 5.91 Å². The van der Waals surface area contributed by atoms with Crippen LogP contribution in [-0.4, -0.2) is 38.8 Å². The summed E-state index contributed by atoms with van der Waals surface area (Å²) < 4.78 is 0. The maximum Gasteiger partial charge on any atom is 0.254 e. The fourth-order valence-electron chi connectivity index (χ4n) is 2.94. The number of fused-ring (bicyclic) bond motifs is 1. The number of rotatable bonds is 2. The van der Waals surface area contributed by atoms with Crippen molar-refractivity contribution in [2.75, 3.05) is 6.54 Å². The molecule has 106 valence electrons. The summed E-state index contributed by atoms with van der Waals surface area (Å²) in [5, 5.41) is 10.6. The second kappa shape index (κ2) is 5.23. The molecule has 5 heteroatoms. The summed E-state index contributed by atoms with van der Waals surface area (Å²) >= 11 is 0. The van der Waals surface area contributed by atoms with Gasteiger partial charge in [0, 0.05) is 18.2 Å². The summed E-state index contributed by atoms with van der Waals surface area (Å²) in [7, 11) is 0. The van der Waals surface area contributed by atoms with Crippen LogP contribution in [0.25, 0.3) is 11.0 Å². The molecular weight excluding hydrogens is 252 g/mol. The predicted octanol–water partition coefficient (Wildman–Crippen LogP) is 2.61. The summed E-state index contributed by atoms with van der Waals surface area (Å²) in [5.74, 6) is 0.742. The largest absolute Gasteiger partial charge is 0.336 e. The first kappa shape index (κ1) is 13.1. The van der Waals surface area contributed by atoms with Crippen LogP contribution in [0.4, 0.5) is 0 Å². The molecule has 5 nitrogen and oxygen atoms in total. The Morgan fingerprint density at radius 1 is 1.35 bits per heavy atom. The van der Waals surface area contributed by atoms with Crippen molar-refractivity contribution in [2.24, 2.45) is 5.92 Å². The van der Waals surface area contributed by atoms with E-state index in [1.54, 1.807) is 0 Å². The Morgan fingerprint density at radius 3 is 2.95 bits per heavy atom. The van der Waals surface area contributed by atoms with Crippen LogP contribution >= 0.6 is 0 Å². The van der Waals surface area contributed by atoms with Crippen LogP contribution in [0.1, 0.15) is 43.5 Å². The second-order valence-electron chi connectivity index (χ2n) is 5.69. The minimum Gasteiger partial charge on any atom is -0.336 e. The highest BCUT2D eigenvalue weighted by molar-refractivity contribution is 5.97. The number of H-pyrrole nitrogens is 1. The van der Waals surface area contributed by atoms with Gasteiger partial charge in [0.25, 0.3) is 5.91 Å². The first-order valence-electron chi connectivity index (χ1n) is 7.30. The molecule has 0 saturated carbocycles. The molecule has 1 fully saturated rings. The molecule has 3 rings (SSSR count). The van der Waals surface area contributed by atoms with Gasteiger partial charge in [0.1, 0.15) is 11.0 Å². The number of benzene rings is 1. The number of hydrogen-bond donors (Lipinski definition) is 1. The fraction of sp³-hybridized carbons (Fsp3) is 0.533. The van der Waals surface area contributed by atoms with Crippen LogP contribution < -0.4 is 0 Å². The average Bonchev–Trinajstić information content (AvgIpc) is 2.94. The quantitative estimate of drug-likeness (QED) is 0.914. The Labute approximate surface area is 118 Å². The van der Waals surface area contributed by atoms with E-state index < -0.39 is 0 Å². The first-order chi connectivity index (χ1) is 9.69. The number of hydrogen-bond acceptors (Lipinski definition) is 3. The van der Waals surface area contributed by atoms with Crippen molar-refractivity contribution in [3.63, 3.8) is 0 Å². The van der Waals surface area contributed by atoms with Crippen LogP contribution in [0.5, 0.6) is 0 Å². The molecule has 1 aromatic heterocycles. The van der Waals surface area contributed by atoms with E-state index in [1.165, 1.54) is 6.42 Å². The monoisotopic (exact) mass is 272 g/mol. The zero-order valence-corrected chi connectivity index (χ0v) is 12.0. The Kier molecular flexibility index (Phi) is 3.42. The number of nitrogens with zero attached hydrogens (tertiary/aromatic N) is 3. The second-order valence-corrected chi connectivity index (χ2v) is 5.69. The van der Waals surface area contributed by atoms with Crippen molar-refractivity contribution in [1.82, 2.24) is 20.3 Å². The lowest BCUT2D eigenvalue weighted by molar-refractivity contribution is 0.0557. The molecular formula is C15H20N4O. The zero-order chi connectivity index (χ0) is 14.1. The molecule has 2 aromatic rings. The van der Waals surface area contributed by atoms with Gasteiger partial charge >= 0.3 is 0 Å². The lowest BCUT2D eigenvalue weighted by Crippen LogP contribution is -2.45. The Hall–Kier alpha value is -1.91. The van der Waals surface area contributed by atoms with Gasteiger partial charge in [-0.25, -0.2) is 0 Å². The molecule has 1 aliphatic rings. The van der Waals surface area contributed by atoms with Crippen LogP contribution in [0.2, 0.25) is 0 Å². The van der Waals surface area contributed by atoms with Crippen molar-refractivity contribution >= 4 is 16.9 Å². The summed E-state index contributed by atoms with van der Waals surface area (Å²) in [4.78, 5) is 14.7. The van der Waals surface area contributed by atoms with Crippen molar-refractivity contribution in [3.8, 4) is 0 Å². The highest BCUT2D eigenvalue weighted by atomic mass is 16.2. The molecule has 1 N–H and O–H groups in total. The topological polar surface area (TPSA) is 61.9 Å². The van der Waals surface area contributed by atoms with Gasteiger partial charge in [0.05, 0.1) is 0 Å². The molecule has 2 heterocycles. The van der Waals surface area contributed by atoms with Gasteiger partial charge in [0.15, 0.2) is 0 Å². The van der Waals surface area contributed by atoms with E-state index in [0.29, 0.717) is 17.5 Å². The molecule has 0 radical (unpaired) electrons.